The first kappa shape index (κ1) is 7.84. The third-order valence-electron chi connectivity index (χ3n) is 2.37. The topological polar surface area (TPSA) is 17.8 Å². The quantitative estimate of drug-likeness (QED) is 0.623. The van der Waals surface area contributed by atoms with E-state index in [-0.39, 0.29) is 5.41 Å². The van der Waals surface area contributed by atoms with Crippen LogP contribution >= 0.6 is 0 Å². The molecule has 0 amide bonds. The zero-order chi connectivity index (χ0) is 8.77. The van der Waals surface area contributed by atoms with Crippen LogP contribution in [0.5, 0.6) is 0 Å². The van der Waals surface area contributed by atoms with E-state index in [1.807, 2.05) is 12.5 Å². The van der Waals surface area contributed by atoms with Crippen LogP contribution in [0.15, 0.2) is 12.5 Å². The molecule has 1 saturated carbocycles. The maximum atomic E-state index is 4.21. The summed E-state index contributed by atoms with van der Waals surface area (Å²) in [5.74, 6) is 0. The van der Waals surface area contributed by atoms with Gasteiger partial charge in [-0.2, -0.15) is 0 Å². The molecule has 0 atom stereocenters. The summed E-state index contributed by atoms with van der Waals surface area (Å²) in [5.41, 5.74) is 1.60. The lowest BCUT2D eigenvalue weighted by atomic mass is 9.92. The van der Waals surface area contributed by atoms with Gasteiger partial charge >= 0.3 is 0 Å². The van der Waals surface area contributed by atoms with E-state index in [1.54, 1.807) is 0 Å². The molecule has 66 valence electrons. The lowest BCUT2D eigenvalue weighted by molar-refractivity contribution is 0.521. The molecule has 0 aliphatic heterocycles. The van der Waals surface area contributed by atoms with Gasteiger partial charge in [0.1, 0.15) is 0 Å². The second-order valence-electron chi connectivity index (χ2n) is 4.67. The third-order valence-corrected chi connectivity index (χ3v) is 2.37. The molecule has 0 spiro atoms. The molecule has 12 heavy (non-hydrogen) atoms. The first-order valence-corrected chi connectivity index (χ1v) is 4.61. The lowest BCUT2D eigenvalue weighted by Gasteiger charge is -2.20. The van der Waals surface area contributed by atoms with Crippen molar-refractivity contribution in [3.8, 4) is 0 Å². The minimum atomic E-state index is 0.235. The van der Waals surface area contributed by atoms with Gasteiger partial charge in [0, 0.05) is 23.3 Å². The van der Waals surface area contributed by atoms with E-state index < -0.39 is 0 Å². The molecule has 0 saturated heterocycles. The van der Waals surface area contributed by atoms with E-state index in [0.717, 1.165) is 6.04 Å². The Labute approximate surface area is 73.6 Å². The average molecular weight is 164 g/mol. The van der Waals surface area contributed by atoms with Gasteiger partial charge < -0.3 is 4.57 Å². The molecule has 1 aromatic rings. The standard InChI is InChI=1S/C10H16N2/c1-10(2,3)9-6-11-7-12(9)8-4-5-8/h6-8H,4-5H2,1-3H3. The summed E-state index contributed by atoms with van der Waals surface area (Å²) in [6.07, 6.45) is 6.63. The largest absolute Gasteiger partial charge is 0.331 e. The van der Waals surface area contributed by atoms with Gasteiger partial charge in [-0.25, -0.2) is 4.98 Å². The van der Waals surface area contributed by atoms with Crippen LogP contribution < -0.4 is 0 Å². The van der Waals surface area contributed by atoms with Crippen LogP contribution in [0.2, 0.25) is 0 Å². The maximum Gasteiger partial charge on any atom is 0.0950 e. The lowest BCUT2D eigenvalue weighted by Crippen LogP contribution is -2.16. The number of imidazole rings is 1. The Kier molecular flexibility index (Phi) is 1.53. The van der Waals surface area contributed by atoms with Gasteiger partial charge in [0.15, 0.2) is 0 Å². The van der Waals surface area contributed by atoms with Crippen molar-refractivity contribution in [2.24, 2.45) is 0 Å². The number of hydrogen-bond donors (Lipinski definition) is 0. The highest BCUT2D eigenvalue weighted by Gasteiger charge is 2.28. The zero-order valence-corrected chi connectivity index (χ0v) is 8.04. The van der Waals surface area contributed by atoms with Crippen molar-refractivity contribution in [1.29, 1.82) is 0 Å². The van der Waals surface area contributed by atoms with Gasteiger partial charge in [-0.1, -0.05) is 20.8 Å². The predicted octanol–water partition coefficient (Wildman–Crippen LogP) is 2.52. The highest BCUT2D eigenvalue weighted by Crippen LogP contribution is 2.38. The Morgan fingerprint density at radius 2 is 2.08 bits per heavy atom. The summed E-state index contributed by atoms with van der Waals surface area (Å²) in [4.78, 5) is 4.21. The fourth-order valence-corrected chi connectivity index (χ4v) is 1.53. The Morgan fingerprint density at radius 3 is 2.58 bits per heavy atom. The van der Waals surface area contributed by atoms with Gasteiger partial charge in [0.25, 0.3) is 0 Å². The Bertz CT molecular complexity index is 276. The second-order valence-corrected chi connectivity index (χ2v) is 4.67. The van der Waals surface area contributed by atoms with E-state index >= 15 is 0 Å². The minimum Gasteiger partial charge on any atom is -0.331 e. The van der Waals surface area contributed by atoms with Gasteiger partial charge in [-0.15, -0.1) is 0 Å². The number of aromatic nitrogens is 2. The first-order chi connectivity index (χ1) is 5.59. The number of hydrogen-bond acceptors (Lipinski definition) is 1. The summed E-state index contributed by atoms with van der Waals surface area (Å²) in [6.45, 7) is 6.72. The van der Waals surface area contributed by atoms with Crippen LogP contribution in [0, 0.1) is 0 Å². The zero-order valence-electron chi connectivity index (χ0n) is 8.04. The van der Waals surface area contributed by atoms with Crippen molar-refractivity contribution in [3.63, 3.8) is 0 Å². The van der Waals surface area contributed by atoms with Crippen molar-refractivity contribution in [1.82, 2.24) is 9.55 Å². The minimum absolute atomic E-state index is 0.235. The molecule has 0 unspecified atom stereocenters. The van der Waals surface area contributed by atoms with E-state index in [0.29, 0.717) is 0 Å². The number of nitrogens with zero attached hydrogens (tertiary/aromatic N) is 2. The molecule has 1 aliphatic rings. The van der Waals surface area contributed by atoms with Crippen LogP contribution in [0.1, 0.15) is 45.3 Å². The fourth-order valence-electron chi connectivity index (χ4n) is 1.53. The van der Waals surface area contributed by atoms with E-state index in [9.17, 15) is 0 Å². The van der Waals surface area contributed by atoms with Crippen molar-refractivity contribution in [2.45, 2.75) is 45.1 Å². The smallest absolute Gasteiger partial charge is 0.0950 e. The molecule has 0 N–H and O–H groups in total. The van der Waals surface area contributed by atoms with Crippen LogP contribution in [0.25, 0.3) is 0 Å². The van der Waals surface area contributed by atoms with Gasteiger partial charge in [-0.3, -0.25) is 0 Å². The molecule has 1 fully saturated rings. The third kappa shape index (κ3) is 1.26. The van der Waals surface area contributed by atoms with Crippen molar-refractivity contribution >= 4 is 0 Å². The van der Waals surface area contributed by atoms with E-state index in [2.05, 4.69) is 30.3 Å². The number of rotatable bonds is 1. The summed E-state index contributed by atoms with van der Waals surface area (Å²) in [5, 5.41) is 0. The molecule has 2 rings (SSSR count). The molecular formula is C10H16N2. The molecule has 0 aromatic carbocycles. The van der Waals surface area contributed by atoms with Crippen molar-refractivity contribution in [3.05, 3.63) is 18.2 Å². The SMILES string of the molecule is CC(C)(C)c1cncn1C1CC1. The molecule has 2 heteroatoms. The van der Waals surface area contributed by atoms with Gasteiger partial charge in [0.2, 0.25) is 0 Å². The molecule has 0 radical (unpaired) electrons. The van der Waals surface area contributed by atoms with Gasteiger partial charge in [0.05, 0.1) is 6.33 Å². The Balaban J connectivity index is 2.36. The summed E-state index contributed by atoms with van der Waals surface area (Å²) in [7, 11) is 0. The van der Waals surface area contributed by atoms with Crippen LogP contribution in [0.3, 0.4) is 0 Å². The van der Waals surface area contributed by atoms with E-state index in [1.165, 1.54) is 18.5 Å². The highest BCUT2D eigenvalue weighted by molar-refractivity contribution is 5.13. The molecule has 1 aliphatic carbocycles. The van der Waals surface area contributed by atoms with Crippen LogP contribution in [0.4, 0.5) is 0 Å². The molecular weight excluding hydrogens is 148 g/mol. The van der Waals surface area contributed by atoms with Crippen molar-refractivity contribution < 1.29 is 0 Å². The molecule has 1 heterocycles. The molecule has 1 aromatic heterocycles. The summed E-state index contributed by atoms with van der Waals surface area (Å²) >= 11 is 0. The molecule has 0 bridgehead atoms. The van der Waals surface area contributed by atoms with Crippen LogP contribution in [-0.2, 0) is 5.41 Å². The Morgan fingerprint density at radius 1 is 1.42 bits per heavy atom. The fraction of sp³-hybridized carbons (Fsp3) is 0.700. The molecule has 2 nitrogen and oxygen atoms in total. The van der Waals surface area contributed by atoms with E-state index in [4.69, 9.17) is 0 Å². The Hall–Kier alpha value is -0.790. The predicted molar refractivity (Wildman–Crippen MR) is 49.2 cm³/mol. The first-order valence-electron chi connectivity index (χ1n) is 4.61. The summed E-state index contributed by atoms with van der Waals surface area (Å²) < 4.78 is 2.33. The second kappa shape index (κ2) is 2.35. The normalized spacial score (nSPS) is 18.2. The average Bonchev–Trinajstić information content (AvgIpc) is 2.65. The maximum absolute atomic E-state index is 4.21. The monoisotopic (exact) mass is 164 g/mol. The highest BCUT2D eigenvalue weighted by atomic mass is 15.1. The van der Waals surface area contributed by atoms with Crippen LogP contribution in [-0.4, -0.2) is 9.55 Å². The summed E-state index contributed by atoms with van der Waals surface area (Å²) in [6, 6.07) is 0.752. The van der Waals surface area contributed by atoms with Gasteiger partial charge in [-0.05, 0) is 12.8 Å². The van der Waals surface area contributed by atoms with Crippen molar-refractivity contribution in [2.75, 3.05) is 0 Å².